The lowest BCUT2D eigenvalue weighted by Gasteiger charge is -2.21. The van der Waals surface area contributed by atoms with Crippen LogP contribution in [0.15, 0.2) is 51.7 Å². The van der Waals surface area contributed by atoms with Crippen LogP contribution in [0.2, 0.25) is 5.15 Å². The Morgan fingerprint density at radius 3 is 2.52 bits per heavy atom. The average molecular weight is 660 g/mol. The Balaban J connectivity index is 1.83. The highest BCUT2D eigenvalue weighted by molar-refractivity contribution is 9.10. The molecule has 1 aromatic carbocycles. The molecular weight excluding hydrogens is 628 g/mol. The molecule has 1 aliphatic heterocycles. The third kappa shape index (κ3) is 6.79. The summed E-state index contributed by atoms with van der Waals surface area (Å²) in [4.78, 5) is 42.3. The van der Waals surface area contributed by atoms with Crippen molar-refractivity contribution in [2.75, 3.05) is 18.5 Å². The maximum atomic E-state index is 13.3. The van der Waals surface area contributed by atoms with E-state index in [9.17, 15) is 14.4 Å². The van der Waals surface area contributed by atoms with Gasteiger partial charge in [-0.1, -0.05) is 36.7 Å². The van der Waals surface area contributed by atoms with Gasteiger partial charge >= 0.3 is 12.1 Å². The molecule has 2 aromatic rings. The summed E-state index contributed by atoms with van der Waals surface area (Å²) >= 11 is 10.2. The number of ether oxygens (including phenoxy) is 2. The van der Waals surface area contributed by atoms with Crippen molar-refractivity contribution < 1.29 is 28.3 Å². The number of rotatable bonds is 9. The highest BCUT2D eigenvalue weighted by atomic mass is 79.9. The van der Waals surface area contributed by atoms with Gasteiger partial charge in [-0.3, -0.25) is 14.9 Å². The van der Waals surface area contributed by atoms with Gasteiger partial charge in [0.25, 0.3) is 5.91 Å². The highest BCUT2D eigenvalue weighted by Crippen LogP contribution is 2.48. The summed E-state index contributed by atoms with van der Waals surface area (Å²) in [6, 6.07) is 9.21. The van der Waals surface area contributed by atoms with Gasteiger partial charge in [-0.15, -0.1) is 0 Å². The molecule has 222 valence electrons. The molecule has 0 bridgehead atoms. The summed E-state index contributed by atoms with van der Waals surface area (Å²) in [7, 11) is 0. The Labute approximate surface area is 257 Å². The summed E-state index contributed by atoms with van der Waals surface area (Å²) in [5.41, 5.74) is 3.97. The van der Waals surface area contributed by atoms with E-state index in [1.807, 2.05) is 31.2 Å². The fourth-order valence-electron chi connectivity index (χ4n) is 4.60. The number of fused-ring (bicyclic) bond motifs is 1. The fraction of sp³-hybridized carbons (Fsp3) is 0.333. The molecule has 0 saturated heterocycles. The number of carbonyl (C=O) groups excluding carboxylic acids is 3. The first kappa shape index (κ1) is 31.1. The molecule has 4 rings (SSSR count). The molecule has 0 radical (unpaired) electrons. The van der Waals surface area contributed by atoms with Crippen LogP contribution in [0.5, 0.6) is 0 Å². The maximum Gasteiger partial charge on any atom is 0.412 e. The van der Waals surface area contributed by atoms with Crippen molar-refractivity contribution in [3.05, 3.63) is 69.6 Å². The molecule has 10 nitrogen and oxygen atoms in total. The predicted molar refractivity (Wildman–Crippen MR) is 163 cm³/mol. The normalized spacial score (nSPS) is 11.4. The van der Waals surface area contributed by atoms with Gasteiger partial charge < -0.3 is 23.8 Å². The van der Waals surface area contributed by atoms with Crippen LogP contribution in [-0.2, 0) is 27.2 Å². The van der Waals surface area contributed by atoms with E-state index in [0.29, 0.717) is 17.9 Å². The van der Waals surface area contributed by atoms with Crippen molar-refractivity contribution in [3.8, 4) is 22.3 Å². The Bertz CT molecular complexity index is 1590. The zero-order valence-electron chi connectivity index (χ0n) is 24.0. The standard InChI is InChI=1S/C30H32BrClN4O6/c1-6-22-35-27(32)26(28(38)33-14-23(37)41-7-2)36(22)15-19-17-12-13-40-16-20(17)25(31)24(19)18-10-8-9-11-21(18)34-29(39)42-30(3,4)5/h8-13,16H,6-7,14-15H2,1-5H3,(H,33,38)(H,34,39). The van der Waals surface area contributed by atoms with Gasteiger partial charge in [0, 0.05) is 27.6 Å². The van der Waals surface area contributed by atoms with Crippen molar-refractivity contribution >= 4 is 51.2 Å². The van der Waals surface area contributed by atoms with Crippen LogP contribution in [-0.4, -0.2) is 46.3 Å². The molecule has 0 unspecified atom stereocenters. The SMILES string of the molecule is CCOC(=O)CNC(=O)c1c(Cl)nc(CC)n1Cc1c2ccocc-2c(Br)c1-c1ccccc1NC(=O)OC(C)(C)C. The summed E-state index contributed by atoms with van der Waals surface area (Å²) in [6.07, 6.45) is 3.10. The molecule has 12 heteroatoms. The summed E-state index contributed by atoms with van der Waals surface area (Å²) in [5, 5.41) is 5.47. The zero-order chi connectivity index (χ0) is 30.6. The topological polar surface area (TPSA) is 125 Å². The second-order valence-electron chi connectivity index (χ2n) is 10.3. The third-order valence-corrected chi connectivity index (χ3v) is 7.34. The Morgan fingerprint density at radius 1 is 1.10 bits per heavy atom. The lowest BCUT2D eigenvalue weighted by Crippen LogP contribution is -2.32. The van der Waals surface area contributed by atoms with Gasteiger partial charge in [0.05, 0.1) is 31.4 Å². The third-order valence-electron chi connectivity index (χ3n) is 6.25. The number of hydrogen-bond donors (Lipinski definition) is 2. The number of halogens is 2. The van der Waals surface area contributed by atoms with E-state index in [-0.39, 0.29) is 30.5 Å². The van der Waals surface area contributed by atoms with Crippen LogP contribution in [0, 0.1) is 0 Å². The van der Waals surface area contributed by atoms with Crippen LogP contribution in [0.25, 0.3) is 22.3 Å². The summed E-state index contributed by atoms with van der Waals surface area (Å²) in [6.45, 7) is 9.08. The fourth-order valence-corrected chi connectivity index (χ4v) is 5.65. The van der Waals surface area contributed by atoms with E-state index in [1.54, 1.807) is 50.9 Å². The van der Waals surface area contributed by atoms with Gasteiger partial charge in [-0.25, -0.2) is 9.78 Å². The first-order valence-corrected chi connectivity index (χ1v) is 14.6. The van der Waals surface area contributed by atoms with Gasteiger partial charge in [0.15, 0.2) is 5.15 Å². The van der Waals surface area contributed by atoms with Crippen LogP contribution in [0.3, 0.4) is 0 Å². The summed E-state index contributed by atoms with van der Waals surface area (Å²) < 4.78 is 18.4. The van der Waals surface area contributed by atoms with Gasteiger partial charge in [0.1, 0.15) is 23.7 Å². The van der Waals surface area contributed by atoms with Crippen molar-refractivity contribution in [1.82, 2.24) is 14.9 Å². The number of aryl methyl sites for hydroxylation is 1. The first-order valence-electron chi connectivity index (χ1n) is 13.4. The Hall–Kier alpha value is -3.83. The molecule has 0 spiro atoms. The quantitative estimate of drug-likeness (QED) is 0.187. The number of carbonyl (C=O) groups is 3. The van der Waals surface area contributed by atoms with Gasteiger partial charge in [-0.2, -0.15) is 0 Å². The number of para-hydroxylation sites is 1. The molecule has 0 fully saturated rings. The number of imidazole rings is 1. The number of nitrogens with zero attached hydrogens (tertiary/aromatic N) is 2. The van der Waals surface area contributed by atoms with E-state index in [4.69, 9.17) is 25.5 Å². The second-order valence-corrected chi connectivity index (χ2v) is 11.5. The summed E-state index contributed by atoms with van der Waals surface area (Å²) in [5.74, 6) is -0.535. The van der Waals surface area contributed by atoms with Crippen LogP contribution >= 0.6 is 27.5 Å². The molecule has 2 heterocycles. The highest BCUT2D eigenvalue weighted by Gasteiger charge is 2.29. The van der Waals surface area contributed by atoms with E-state index >= 15 is 0 Å². The van der Waals surface area contributed by atoms with Crippen molar-refractivity contribution in [2.24, 2.45) is 0 Å². The minimum absolute atomic E-state index is 0.0201. The largest absolute Gasteiger partial charge is 0.472 e. The van der Waals surface area contributed by atoms with Crippen molar-refractivity contribution in [3.63, 3.8) is 0 Å². The van der Waals surface area contributed by atoms with Crippen molar-refractivity contribution in [1.29, 1.82) is 0 Å². The second kappa shape index (κ2) is 13.0. The Morgan fingerprint density at radius 2 is 1.83 bits per heavy atom. The van der Waals surface area contributed by atoms with Gasteiger partial charge in [-0.05, 0) is 66.9 Å². The van der Waals surface area contributed by atoms with E-state index in [0.717, 1.165) is 32.3 Å². The molecule has 1 aliphatic carbocycles. The van der Waals surface area contributed by atoms with Crippen LogP contribution in [0.4, 0.5) is 10.5 Å². The van der Waals surface area contributed by atoms with E-state index in [2.05, 4.69) is 31.5 Å². The average Bonchev–Trinajstić information content (AvgIpc) is 3.40. The number of amides is 2. The maximum absolute atomic E-state index is 13.3. The number of hydrogen-bond acceptors (Lipinski definition) is 7. The zero-order valence-corrected chi connectivity index (χ0v) is 26.3. The minimum atomic E-state index is -0.678. The first-order chi connectivity index (χ1) is 19.9. The number of benzene rings is 1. The minimum Gasteiger partial charge on any atom is -0.472 e. The molecular formula is C30H32BrClN4O6. The van der Waals surface area contributed by atoms with Crippen LogP contribution in [0.1, 0.15) is 56.5 Å². The number of esters is 1. The molecule has 0 atom stereocenters. The monoisotopic (exact) mass is 658 g/mol. The number of anilines is 1. The van der Waals surface area contributed by atoms with Gasteiger partial charge in [0.2, 0.25) is 0 Å². The Kier molecular flexibility index (Phi) is 9.63. The number of nitrogens with one attached hydrogen (secondary N) is 2. The van der Waals surface area contributed by atoms with Crippen LogP contribution < -0.4 is 10.6 Å². The van der Waals surface area contributed by atoms with E-state index in [1.165, 1.54) is 0 Å². The van der Waals surface area contributed by atoms with Crippen molar-refractivity contribution in [2.45, 2.75) is 53.2 Å². The molecule has 2 aliphatic rings. The molecule has 2 amide bonds. The predicted octanol–water partition coefficient (Wildman–Crippen LogP) is 6.91. The van der Waals surface area contributed by atoms with E-state index < -0.39 is 23.6 Å². The molecule has 1 aromatic heterocycles. The lowest BCUT2D eigenvalue weighted by atomic mass is 10.0. The molecule has 42 heavy (non-hydrogen) atoms. The molecule has 2 N–H and O–H groups in total. The molecule has 0 saturated carbocycles. The smallest absolute Gasteiger partial charge is 0.412 e. The number of aromatic nitrogens is 2. The lowest BCUT2D eigenvalue weighted by molar-refractivity contribution is -0.141.